The van der Waals surface area contributed by atoms with Crippen LogP contribution in [0, 0.1) is 0 Å². The molecule has 0 bridgehead atoms. The van der Waals surface area contributed by atoms with Gasteiger partial charge in [0.2, 0.25) is 5.27 Å². The molecule has 1 amide bonds. The van der Waals surface area contributed by atoms with Crippen LogP contribution in [0.4, 0.5) is 10.7 Å². The van der Waals surface area contributed by atoms with Crippen molar-refractivity contribution < 1.29 is 18.7 Å². The molecule has 1 aromatic rings. The molecule has 0 radical (unpaired) electrons. The molecule has 6 heteroatoms. The van der Waals surface area contributed by atoms with E-state index in [-0.39, 0.29) is 11.9 Å². The summed E-state index contributed by atoms with van der Waals surface area (Å²) in [5, 5.41) is 6.20. The van der Waals surface area contributed by atoms with E-state index in [2.05, 4.69) is 10.6 Å². The van der Waals surface area contributed by atoms with Crippen molar-refractivity contribution in [1.82, 2.24) is 5.27 Å². The Balaban J connectivity index is 2.57. The topological polar surface area (TPSA) is 68.2 Å². The molecule has 0 fully saturated rings. The first-order valence-electron chi connectivity index (χ1n) is 5.16. The summed E-state index contributed by atoms with van der Waals surface area (Å²) in [7, 11) is 0. The number of carbonyl (C=O) groups is 1. The van der Waals surface area contributed by atoms with Crippen LogP contribution >= 0.6 is 0 Å². The lowest BCUT2D eigenvalue weighted by atomic mass is 10.2. The van der Waals surface area contributed by atoms with Crippen molar-refractivity contribution in [3.63, 3.8) is 0 Å². The highest BCUT2D eigenvalue weighted by molar-refractivity contribution is 5.82. The molecular formula is C10H18N3O3+. The number of nitrogens with zero attached hydrogens (tertiary/aromatic N) is 2. The van der Waals surface area contributed by atoms with E-state index in [1.165, 1.54) is 0 Å². The van der Waals surface area contributed by atoms with Gasteiger partial charge in [-0.3, -0.25) is 9.84 Å². The van der Waals surface area contributed by atoms with Crippen molar-refractivity contribution in [2.24, 2.45) is 0 Å². The van der Waals surface area contributed by atoms with Crippen LogP contribution in [-0.2, 0) is 4.74 Å². The third-order valence-electron chi connectivity index (χ3n) is 1.64. The fourth-order valence-corrected chi connectivity index (χ4v) is 0.961. The van der Waals surface area contributed by atoms with Gasteiger partial charge in [0.25, 0.3) is 6.20 Å². The van der Waals surface area contributed by atoms with Crippen LogP contribution < -0.4 is 10.00 Å². The Morgan fingerprint density at radius 3 is 2.62 bits per heavy atom. The zero-order valence-corrected chi connectivity index (χ0v) is 10.3. The summed E-state index contributed by atoms with van der Waals surface area (Å²) in [6, 6.07) is 0.179. The minimum absolute atomic E-state index is 0.179. The summed E-state index contributed by atoms with van der Waals surface area (Å²) in [4.78, 5) is 11.4. The Morgan fingerprint density at radius 2 is 2.19 bits per heavy atom. The summed E-state index contributed by atoms with van der Waals surface area (Å²) in [5.74, 6) is 0.267. The molecule has 1 heterocycles. The molecule has 6 nitrogen and oxygen atoms in total. The van der Waals surface area contributed by atoms with Crippen LogP contribution in [0.2, 0.25) is 0 Å². The molecule has 1 N–H and O–H groups in total. The van der Waals surface area contributed by atoms with Crippen LogP contribution in [0.1, 0.15) is 40.7 Å². The van der Waals surface area contributed by atoms with E-state index < -0.39 is 11.7 Å². The normalized spacial score (nSPS) is 11.6. The third-order valence-corrected chi connectivity index (χ3v) is 1.64. The van der Waals surface area contributed by atoms with E-state index in [0.717, 1.165) is 0 Å². The molecule has 90 valence electrons. The number of ether oxygens (including phenoxy) is 1. The number of hydrogen-bond donors (Lipinski definition) is 1. The fraction of sp³-hybridized carbons (Fsp3) is 0.700. The SMILES string of the molecule is CC(C)[n+]1cc(NC(=O)OC(C)(C)C)on1. The largest absolute Gasteiger partial charge is 0.444 e. The number of nitrogens with one attached hydrogen (secondary N) is 1. The minimum Gasteiger partial charge on any atom is -0.444 e. The Hall–Kier alpha value is -1.59. The highest BCUT2D eigenvalue weighted by Gasteiger charge is 2.20. The Morgan fingerprint density at radius 1 is 1.56 bits per heavy atom. The Labute approximate surface area is 94.5 Å². The quantitative estimate of drug-likeness (QED) is 0.785. The number of carbonyl (C=O) groups excluding carboxylic acids is 1. The molecule has 0 saturated heterocycles. The van der Waals surface area contributed by atoms with E-state index in [1.807, 2.05) is 13.8 Å². The van der Waals surface area contributed by atoms with Gasteiger partial charge >= 0.3 is 12.0 Å². The van der Waals surface area contributed by atoms with Crippen LogP contribution in [0.15, 0.2) is 10.7 Å². The van der Waals surface area contributed by atoms with Gasteiger partial charge in [-0.05, 0) is 39.3 Å². The predicted octanol–water partition coefficient (Wildman–Crippen LogP) is 1.89. The van der Waals surface area contributed by atoms with Crippen molar-refractivity contribution in [2.75, 3.05) is 5.32 Å². The zero-order valence-electron chi connectivity index (χ0n) is 10.3. The second kappa shape index (κ2) is 4.51. The maximum absolute atomic E-state index is 11.4. The molecule has 16 heavy (non-hydrogen) atoms. The van der Waals surface area contributed by atoms with Crippen LogP contribution in [0.5, 0.6) is 0 Å². The van der Waals surface area contributed by atoms with Gasteiger partial charge in [0, 0.05) is 0 Å². The number of anilines is 1. The van der Waals surface area contributed by atoms with Crippen LogP contribution in [-0.4, -0.2) is 17.0 Å². The molecule has 0 atom stereocenters. The first kappa shape index (κ1) is 12.5. The molecule has 0 aromatic carbocycles. The van der Waals surface area contributed by atoms with Gasteiger partial charge in [0.15, 0.2) is 6.04 Å². The summed E-state index contributed by atoms with van der Waals surface area (Å²) in [5.41, 5.74) is -0.530. The Bertz CT molecular complexity index is 366. The summed E-state index contributed by atoms with van der Waals surface area (Å²) >= 11 is 0. The maximum Gasteiger partial charge on any atom is 0.414 e. The standard InChI is InChI=1S/C10H17N3O3/c1-7(2)13-6-8(16-12-13)11-9(14)15-10(3,4)5/h6-7H,1-5H3/p+1. The number of amides is 1. The lowest BCUT2D eigenvalue weighted by Gasteiger charge is -2.18. The minimum atomic E-state index is -0.556. The first-order valence-corrected chi connectivity index (χ1v) is 5.16. The van der Waals surface area contributed by atoms with Gasteiger partial charge in [-0.15, -0.1) is 0 Å². The van der Waals surface area contributed by atoms with E-state index in [1.54, 1.807) is 31.6 Å². The second-order valence-electron chi connectivity index (χ2n) is 4.77. The van der Waals surface area contributed by atoms with Gasteiger partial charge < -0.3 is 4.74 Å². The molecule has 0 saturated carbocycles. The summed E-state index contributed by atoms with van der Waals surface area (Å²) in [6.07, 6.45) is 1.05. The molecular weight excluding hydrogens is 210 g/mol. The van der Waals surface area contributed by atoms with Crippen LogP contribution in [0.25, 0.3) is 0 Å². The number of hydrogen-bond acceptors (Lipinski definition) is 4. The molecule has 0 aliphatic carbocycles. The summed E-state index contributed by atoms with van der Waals surface area (Å²) < 4.78 is 11.6. The monoisotopic (exact) mass is 228 g/mol. The third kappa shape index (κ3) is 3.88. The number of aromatic nitrogens is 2. The first-order chi connectivity index (χ1) is 7.28. The van der Waals surface area contributed by atoms with E-state index >= 15 is 0 Å². The lowest BCUT2D eigenvalue weighted by Crippen LogP contribution is -2.37. The fourth-order valence-electron chi connectivity index (χ4n) is 0.961. The van der Waals surface area contributed by atoms with Crippen molar-refractivity contribution in [3.05, 3.63) is 6.20 Å². The average Bonchev–Trinajstić information content (AvgIpc) is 2.48. The smallest absolute Gasteiger partial charge is 0.414 e. The lowest BCUT2D eigenvalue weighted by molar-refractivity contribution is -0.779. The molecule has 1 rings (SSSR count). The van der Waals surface area contributed by atoms with Gasteiger partial charge in [0.05, 0.1) is 0 Å². The maximum atomic E-state index is 11.4. The number of rotatable bonds is 2. The van der Waals surface area contributed by atoms with Crippen molar-refractivity contribution in [1.29, 1.82) is 0 Å². The molecule has 0 unspecified atom stereocenters. The zero-order chi connectivity index (χ0) is 12.3. The van der Waals surface area contributed by atoms with E-state index in [4.69, 9.17) is 9.26 Å². The Kier molecular flexibility index (Phi) is 3.51. The van der Waals surface area contributed by atoms with Crippen molar-refractivity contribution >= 4 is 12.0 Å². The van der Waals surface area contributed by atoms with Gasteiger partial charge in [-0.1, -0.05) is 0 Å². The molecule has 0 spiro atoms. The van der Waals surface area contributed by atoms with Crippen LogP contribution in [0.3, 0.4) is 0 Å². The predicted molar refractivity (Wildman–Crippen MR) is 56.9 cm³/mol. The van der Waals surface area contributed by atoms with Crippen molar-refractivity contribution in [2.45, 2.75) is 46.3 Å². The van der Waals surface area contributed by atoms with E-state index in [0.29, 0.717) is 0 Å². The molecule has 0 aliphatic rings. The highest BCUT2D eigenvalue weighted by Crippen LogP contribution is 2.10. The molecule has 0 aliphatic heterocycles. The van der Waals surface area contributed by atoms with Gasteiger partial charge in [0.1, 0.15) is 5.60 Å². The average molecular weight is 228 g/mol. The summed E-state index contributed by atoms with van der Waals surface area (Å²) in [6.45, 7) is 9.29. The van der Waals surface area contributed by atoms with Crippen molar-refractivity contribution in [3.8, 4) is 0 Å². The second-order valence-corrected chi connectivity index (χ2v) is 4.77. The van der Waals surface area contributed by atoms with Gasteiger partial charge in [-0.25, -0.2) is 4.79 Å². The highest BCUT2D eigenvalue weighted by atomic mass is 16.6. The van der Waals surface area contributed by atoms with Gasteiger partial charge in [-0.2, -0.15) is 0 Å². The van der Waals surface area contributed by atoms with E-state index in [9.17, 15) is 4.79 Å². The molecule has 1 aromatic heterocycles.